The molecule has 5 heteroatoms. The molecular weight excluding hydrogens is 266 g/mol. The van der Waals surface area contributed by atoms with E-state index >= 15 is 0 Å². The van der Waals surface area contributed by atoms with Crippen LogP contribution in [-0.2, 0) is 0 Å². The lowest BCUT2D eigenvalue weighted by Gasteiger charge is -2.20. The zero-order valence-corrected chi connectivity index (χ0v) is 12.6. The monoisotopic (exact) mass is 287 g/mol. The van der Waals surface area contributed by atoms with Gasteiger partial charge in [0.05, 0.1) is 10.8 Å². The first-order valence-corrected chi connectivity index (χ1v) is 7.38. The normalized spacial score (nSPS) is 24.3. The molecule has 1 aliphatic rings. The van der Waals surface area contributed by atoms with Crippen molar-refractivity contribution >= 4 is 16.5 Å². The third-order valence-corrected chi connectivity index (χ3v) is 4.50. The van der Waals surface area contributed by atoms with Crippen molar-refractivity contribution in [3.8, 4) is 0 Å². The summed E-state index contributed by atoms with van der Waals surface area (Å²) in [5.41, 5.74) is 0.519. The van der Waals surface area contributed by atoms with Crippen LogP contribution < -0.4 is 16.4 Å². The van der Waals surface area contributed by atoms with Crippen LogP contribution in [0, 0.1) is 11.3 Å². The lowest BCUT2D eigenvalue weighted by molar-refractivity contribution is 0.366. The van der Waals surface area contributed by atoms with Crippen molar-refractivity contribution in [3.63, 3.8) is 0 Å². The zero-order chi connectivity index (χ0) is 15.2. The van der Waals surface area contributed by atoms with Gasteiger partial charge in [0.1, 0.15) is 0 Å². The number of aromatic amines is 2. The van der Waals surface area contributed by atoms with E-state index in [1.165, 1.54) is 0 Å². The Morgan fingerprint density at radius 3 is 2.52 bits per heavy atom. The lowest BCUT2D eigenvalue weighted by atomic mass is 9.91. The Balaban J connectivity index is 2.04. The summed E-state index contributed by atoms with van der Waals surface area (Å²) in [7, 11) is 0. The van der Waals surface area contributed by atoms with Crippen LogP contribution in [-0.4, -0.2) is 16.2 Å². The highest BCUT2D eigenvalue weighted by Crippen LogP contribution is 2.42. The first-order valence-electron chi connectivity index (χ1n) is 7.38. The van der Waals surface area contributed by atoms with E-state index in [9.17, 15) is 9.59 Å². The first kappa shape index (κ1) is 13.9. The van der Waals surface area contributed by atoms with Gasteiger partial charge in [0, 0.05) is 11.7 Å². The summed E-state index contributed by atoms with van der Waals surface area (Å²) < 4.78 is 0. The van der Waals surface area contributed by atoms with Gasteiger partial charge >= 0.3 is 0 Å². The van der Waals surface area contributed by atoms with Gasteiger partial charge in [0.2, 0.25) is 0 Å². The lowest BCUT2D eigenvalue weighted by Crippen LogP contribution is -2.25. The number of H-pyrrole nitrogens is 2. The van der Waals surface area contributed by atoms with Crippen LogP contribution in [0.2, 0.25) is 0 Å². The largest absolute Gasteiger partial charge is 0.381 e. The fourth-order valence-corrected chi connectivity index (χ4v) is 3.64. The maximum Gasteiger partial charge on any atom is 0.272 e. The number of benzene rings is 1. The fraction of sp³-hybridized carbons (Fsp3) is 0.500. The molecule has 1 aliphatic carbocycles. The second-order valence-corrected chi connectivity index (χ2v) is 6.94. The van der Waals surface area contributed by atoms with Crippen molar-refractivity contribution in [2.75, 3.05) is 5.32 Å². The minimum absolute atomic E-state index is 0.266. The van der Waals surface area contributed by atoms with Gasteiger partial charge in [-0.25, -0.2) is 0 Å². The highest BCUT2D eigenvalue weighted by Gasteiger charge is 2.36. The van der Waals surface area contributed by atoms with E-state index in [0.717, 1.165) is 18.5 Å². The first-order chi connectivity index (χ1) is 9.87. The number of hydrogen-bond donors (Lipinski definition) is 3. The predicted molar refractivity (Wildman–Crippen MR) is 84.8 cm³/mol. The van der Waals surface area contributed by atoms with Gasteiger partial charge in [-0.05, 0) is 36.3 Å². The molecule has 2 aromatic rings. The van der Waals surface area contributed by atoms with Crippen LogP contribution in [0.4, 0.5) is 5.69 Å². The summed E-state index contributed by atoms with van der Waals surface area (Å²) in [6.07, 6.45) is 2.22. The van der Waals surface area contributed by atoms with E-state index in [0.29, 0.717) is 28.1 Å². The van der Waals surface area contributed by atoms with Gasteiger partial charge in [0.15, 0.2) is 0 Å². The summed E-state index contributed by atoms with van der Waals surface area (Å²) in [6, 6.07) is 5.68. The second kappa shape index (κ2) is 4.76. The number of rotatable bonds is 2. The smallest absolute Gasteiger partial charge is 0.272 e. The summed E-state index contributed by atoms with van der Waals surface area (Å²) in [5, 5.41) is 9.12. The molecule has 5 nitrogen and oxygen atoms in total. The van der Waals surface area contributed by atoms with Crippen LogP contribution in [0.5, 0.6) is 0 Å². The van der Waals surface area contributed by atoms with Crippen molar-refractivity contribution < 1.29 is 0 Å². The molecule has 112 valence electrons. The Labute approximate surface area is 122 Å². The number of anilines is 1. The van der Waals surface area contributed by atoms with E-state index < -0.39 is 0 Å². The van der Waals surface area contributed by atoms with Crippen LogP contribution in [0.1, 0.15) is 33.6 Å². The number of nitrogens with one attached hydrogen (secondary N) is 3. The van der Waals surface area contributed by atoms with Crippen molar-refractivity contribution in [2.45, 2.75) is 39.7 Å². The van der Waals surface area contributed by atoms with Crippen LogP contribution in [0.3, 0.4) is 0 Å². The van der Waals surface area contributed by atoms with E-state index in [4.69, 9.17) is 0 Å². The number of aromatic nitrogens is 2. The standard InChI is InChI=1S/C16H21N3O2/c1-9-7-16(2,3)8-12(9)17-11-6-4-5-10-13(11)15(21)19-18-14(10)20/h4-6,9,12,17H,7-8H2,1-3H3,(H,18,20)(H,19,21). The number of fused-ring (bicyclic) bond motifs is 1. The third kappa shape index (κ3) is 2.48. The molecule has 2 atom stereocenters. The third-order valence-electron chi connectivity index (χ3n) is 4.50. The maximum atomic E-state index is 12.1. The molecule has 1 fully saturated rings. The topological polar surface area (TPSA) is 77.8 Å². The highest BCUT2D eigenvalue weighted by molar-refractivity contribution is 5.92. The molecule has 3 N–H and O–H groups in total. The quantitative estimate of drug-likeness (QED) is 0.794. The Hall–Kier alpha value is -2.04. The molecule has 21 heavy (non-hydrogen) atoms. The Kier molecular flexibility index (Phi) is 3.15. The molecule has 1 aromatic heterocycles. The van der Waals surface area contributed by atoms with Crippen molar-refractivity contribution in [1.29, 1.82) is 0 Å². The second-order valence-electron chi connectivity index (χ2n) is 6.94. The van der Waals surface area contributed by atoms with Gasteiger partial charge < -0.3 is 5.32 Å². The molecule has 0 saturated heterocycles. The average molecular weight is 287 g/mol. The molecule has 1 heterocycles. The van der Waals surface area contributed by atoms with Crippen LogP contribution >= 0.6 is 0 Å². The summed E-state index contributed by atoms with van der Waals surface area (Å²) in [5.74, 6) is 0.538. The van der Waals surface area contributed by atoms with E-state index in [-0.39, 0.29) is 11.1 Å². The van der Waals surface area contributed by atoms with E-state index in [1.807, 2.05) is 12.1 Å². The van der Waals surface area contributed by atoms with Crippen molar-refractivity contribution in [3.05, 3.63) is 38.9 Å². The molecular formula is C16H21N3O2. The molecule has 0 amide bonds. The molecule has 1 saturated carbocycles. The van der Waals surface area contributed by atoms with Crippen LogP contribution in [0.15, 0.2) is 27.8 Å². The van der Waals surface area contributed by atoms with E-state index in [1.54, 1.807) is 6.07 Å². The average Bonchev–Trinajstić information content (AvgIpc) is 2.67. The molecule has 0 radical (unpaired) electrons. The van der Waals surface area contributed by atoms with Gasteiger partial charge in [-0.3, -0.25) is 19.8 Å². The Bertz CT molecular complexity index is 788. The Morgan fingerprint density at radius 2 is 1.86 bits per heavy atom. The maximum absolute atomic E-state index is 12.1. The minimum Gasteiger partial charge on any atom is -0.381 e. The molecule has 0 bridgehead atoms. The molecule has 1 aromatic carbocycles. The fourth-order valence-electron chi connectivity index (χ4n) is 3.64. The van der Waals surface area contributed by atoms with Gasteiger partial charge in [-0.15, -0.1) is 0 Å². The minimum atomic E-state index is -0.270. The zero-order valence-electron chi connectivity index (χ0n) is 12.6. The molecule has 0 aliphatic heterocycles. The van der Waals surface area contributed by atoms with Crippen molar-refractivity contribution in [2.24, 2.45) is 11.3 Å². The molecule has 0 spiro atoms. The van der Waals surface area contributed by atoms with Gasteiger partial charge in [-0.1, -0.05) is 26.8 Å². The summed E-state index contributed by atoms with van der Waals surface area (Å²) >= 11 is 0. The van der Waals surface area contributed by atoms with Crippen LogP contribution in [0.25, 0.3) is 10.8 Å². The van der Waals surface area contributed by atoms with Gasteiger partial charge in [-0.2, -0.15) is 0 Å². The number of hydrogen-bond acceptors (Lipinski definition) is 3. The Morgan fingerprint density at radius 1 is 1.14 bits per heavy atom. The SMILES string of the molecule is CC1CC(C)(C)CC1Nc1cccc2c(=O)[nH][nH]c(=O)c12. The summed E-state index contributed by atoms with van der Waals surface area (Å²) in [4.78, 5) is 23.9. The van der Waals surface area contributed by atoms with Gasteiger partial charge in [0.25, 0.3) is 11.1 Å². The van der Waals surface area contributed by atoms with E-state index in [2.05, 4.69) is 36.3 Å². The molecule has 3 rings (SSSR count). The van der Waals surface area contributed by atoms with Crippen molar-refractivity contribution in [1.82, 2.24) is 10.2 Å². The summed E-state index contributed by atoms with van der Waals surface area (Å²) in [6.45, 7) is 6.77. The highest BCUT2D eigenvalue weighted by atomic mass is 16.1. The molecule has 2 unspecified atom stereocenters. The predicted octanol–water partition coefficient (Wildman–Crippen LogP) is 2.45.